The van der Waals surface area contributed by atoms with Gasteiger partial charge in [0.05, 0.1) is 12.6 Å². The number of carbonyl (C=O) groups is 2. The maximum atomic E-state index is 12.7. The van der Waals surface area contributed by atoms with E-state index in [1.165, 1.54) is 6.08 Å². The smallest absolute Gasteiger partial charge is 0.408 e. The van der Waals surface area contributed by atoms with Crippen molar-refractivity contribution < 1.29 is 23.5 Å². The molecule has 0 spiro atoms. The number of nitrogens with one attached hydrogen (secondary N) is 1. The largest absolute Gasteiger partial charge is 0.463 e. The average Bonchev–Trinajstić information content (AvgIpc) is 2.67. The Morgan fingerprint density at radius 1 is 1.06 bits per heavy atom. The summed E-state index contributed by atoms with van der Waals surface area (Å²) in [5.74, 6) is -0.488. The van der Waals surface area contributed by atoms with Crippen LogP contribution >= 0.6 is 0 Å². The molecule has 0 heterocycles. The van der Waals surface area contributed by atoms with E-state index >= 15 is 0 Å². The van der Waals surface area contributed by atoms with Crippen LogP contribution in [0.2, 0.25) is 18.1 Å². The number of carbonyl (C=O) groups excluding carboxylic acids is 2. The van der Waals surface area contributed by atoms with Crippen LogP contribution in [0.25, 0.3) is 0 Å². The van der Waals surface area contributed by atoms with E-state index in [9.17, 15) is 9.59 Å². The van der Waals surface area contributed by atoms with Crippen LogP contribution in [0.3, 0.4) is 0 Å². The number of ether oxygens (including phenoxy) is 2. The molecule has 6 nitrogen and oxygen atoms in total. The summed E-state index contributed by atoms with van der Waals surface area (Å²) in [5, 5.41) is 3.11. The van der Waals surface area contributed by atoms with E-state index in [0.29, 0.717) is 19.6 Å². The molecule has 1 aromatic carbocycles. The van der Waals surface area contributed by atoms with Crippen LogP contribution in [0, 0.1) is 5.92 Å². The summed E-state index contributed by atoms with van der Waals surface area (Å²) in [6, 6.07) is 9.44. The highest BCUT2D eigenvalue weighted by Gasteiger charge is 2.38. The molecule has 186 valence electrons. The molecule has 0 aromatic heterocycles. The molecule has 33 heavy (non-hydrogen) atoms. The summed E-state index contributed by atoms with van der Waals surface area (Å²) in [7, 11) is -2.03. The van der Waals surface area contributed by atoms with Crippen molar-refractivity contribution in [2.24, 2.45) is 5.92 Å². The van der Waals surface area contributed by atoms with Crippen molar-refractivity contribution in [3.8, 4) is 0 Å². The molecular weight excluding hydrogens is 434 g/mol. The molecule has 0 unspecified atom stereocenters. The zero-order chi connectivity index (χ0) is 25.3. The highest BCUT2D eigenvalue weighted by Crippen LogP contribution is 2.38. The van der Waals surface area contributed by atoms with Gasteiger partial charge in [-0.15, -0.1) is 0 Å². The van der Waals surface area contributed by atoms with Crippen LogP contribution in [-0.2, 0) is 18.7 Å². The molecule has 1 amide bonds. The lowest BCUT2D eigenvalue weighted by Gasteiger charge is -2.38. The second kappa shape index (κ2) is 12.4. The number of benzene rings is 1. The Morgan fingerprint density at radius 2 is 1.67 bits per heavy atom. The highest BCUT2D eigenvalue weighted by atomic mass is 28.4. The van der Waals surface area contributed by atoms with Gasteiger partial charge >= 0.3 is 12.1 Å². The Hall–Kier alpha value is -2.12. The molecule has 0 radical (unpaired) electrons. The van der Waals surface area contributed by atoms with Crippen molar-refractivity contribution in [1.29, 1.82) is 0 Å². The first-order valence-corrected chi connectivity index (χ1v) is 14.6. The standard InChI is InChI=1S/C26H43NO5Si/c1-10-30-22(28)18-14-17-21(19-31-33(8,9)26(5,6)7)23(20-15-12-11-13-16-20)27-24(29)32-25(2,3)4/h11-16,18,21,23H,10,17,19H2,1-9H3,(H,27,29)/b18-14+/t21-,23-/m1/s1. The number of hydrogen-bond acceptors (Lipinski definition) is 5. The Balaban J connectivity index is 3.23. The van der Waals surface area contributed by atoms with Gasteiger partial charge in [-0.1, -0.05) is 57.2 Å². The van der Waals surface area contributed by atoms with Crippen LogP contribution in [0.15, 0.2) is 42.5 Å². The lowest BCUT2D eigenvalue weighted by Crippen LogP contribution is -2.44. The summed E-state index contributed by atoms with van der Waals surface area (Å²) in [4.78, 5) is 24.5. The molecule has 7 heteroatoms. The fraction of sp³-hybridized carbons (Fsp3) is 0.615. The van der Waals surface area contributed by atoms with E-state index in [-0.39, 0.29) is 23.0 Å². The van der Waals surface area contributed by atoms with Gasteiger partial charge < -0.3 is 19.2 Å². The van der Waals surface area contributed by atoms with Gasteiger partial charge in [-0.25, -0.2) is 9.59 Å². The normalized spacial score (nSPS) is 14.6. The Bertz CT molecular complexity index is 778. The van der Waals surface area contributed by atoms with Gasteiger partial charge in [0.15, 0.2) is 8.32 Å². The number of esters is 1. The Morgan fingerprint density at radius 3 is 2.18 bits per heavy atom. The SMILES string of the molecule is CCOC(=O)/C=C/C[C@H](CO[Si](C)(C)C(C)(C)C)[C@H](NC(=O)OC(C)(C)C)c1ccccc1. The summed E-state index contributed by atoms with van der Waals surface area (Å²) >= 11 is 0. The monoisotopic (exact) mass is 477 g/mol. The molecule has 1 aromatic rings. The summed E-state index contributed by atoms with van der Waals surface area (Å²) in [6.07, 6.45) is 3.29. The second-order valence-corrected chi connectivity index (χ2v) is 15.6. The lowest BCUT2D eigenvalue weighted by atomic mass is 9.91. The van der Waals surface area contributed by atoms with E-state index in [4.69, 9.17) is 13.9 Å². The summed E-state index contributed by atoms with van der Waals surface area (Å²) in [6.45, 7) is 19.1. The molecule has 0 fully saturated rings. The number of rotatable bonds is 10. The molecule has 0 aliphatic carbocycles. The molecular formula is C26H43NO5Si. The topological polar surface area (TPSA) is 73.9 Å². The number of allylic oxidation sites excluding steroid dienone is 1. The Kier molecular flexibility index (Phi) is 10.8. The van der Waals surface area contributed by atoms with Gasteiger partial charge in [-0.3, -0.25) is 0 Å². The van der Waals surface area contributed by atoms with Crippen molar-refractivity contribution in [3.05, 3.63) is 48.0 Å². The van der Waals surface area contributed by atoms with Crippen LogP contribution < -0.4 is 5.32 Å². The molecule has 0 aliphatic rings. The minimum atomic E-state index is -2.03. The average molecular weight is 478 g/mol. The molecule has 0 aliphatic heterocycles. The van der Waals surface area contributed by atoms with E-state index in [0.717, 1.165) is 5.56 Å². The van der Waals surface area contributed by atoms with Gasteiger partial charge in [-0.05, 0) is 57.8 Å². The van der Waals surface area contributed by atoms with Crippen molar-refractivity contribution in [1.82, 2.24) is 5.32 Å². The van der Waals surface area contributed by atoms with E-state index in [2.05, 4.69) is 39.2 Å². The molecule has 2 atom stereocenters. The molecule has 0 saturated heterocycles. The van der Waals surface area contributed by atoms with Crippen LogP contribution in [0.5, 0.6) is 0 Å². The van der Waals surface area contributed by atoms with Gasteiger partial charge in [0.2, 0.25) is 0 Å². The third-order valence-electron chi connectivity index (χ3n) is 5.75. The predicted molar refractivity (Wildman–Crippen MR) is 136 cm³/mol. The minimum absolute atomic E-state index is 0.0547. The van der Waals surface area contributed by atoms with Crippen molar-refractivity contribution in [2.45, 2.75) is 84.7 Å². The molecule has 0 saturated carbocycles. The van der Waals surface area contributed by atoms with Crippen molar-refractivity contribution in [2.75, 3.05) is 13.2 Å². The predicted octanol–water partition coefficient (Wildman–Crippen LogP) is 6.40. The van der Waals surface area contributed by atoms with E-state index in [1.54, 1.807) is 13.0 Å². The zero-order valence-electron chi connectivity index (χ0n) is 21.9. The van der Waals surface area contributed by atoms with Gasteiger partial charge in [-0.2, -0.15) is 0 Å². The van der Waals surface area contributed by atoms with Crippen LogP contribution in [-0.4, -0.2) is 39.2 Å². The first-order chi connectivity index (χ1) is 15.2. The van der Waals surface area contributed by atoms with Gasteiger partial charge in [0.25, 0.3) is 0 Å². The minimum Gasteiger partial charge on any atom is -0.463 e. The third-order valence-corrected chi connectivity index (χ3v) is 10.2. The number of alkyl carbamates (subject to hydrolysis) is 1. The van der Waals surface area contributed by atoms with Gasteiger partial charge in [0, 0.05) is 18.6 Å². The molecule has 1 rings (SSSR count). The maximum absolute atomic E-state index is 12.7. The Labute approximate surface area is 201 Å². The zero-order valence-corrected chi connectivity index (χ0v) is 22.9. The van der Waals surface area contributed by atoms with Crippen molar-refractivity contribution >= 4 is 20.4 Å². The third kappa shape index (κ3) is 10.6. The fourth-order valence-electron chi connectivity index (χ4n) is 2.93. The van der Waals surface area contributed by atoms with Crippen LogP contribution in [0.1, 0.15) is 66.5 Å². The highest BCUT2D eigenvalue weighted by molar-refractivity contribution is 6.74. The second-order valence-electron chi connectivity index (χ2n) is 10.8. The summed E-state index contributed by atoms with van der Waals surface area (Å²) < 4.78 is 17.1. The first kappa shape index (κ1) is 28.9. The quantitative estimate of drug-likeness (QED) is 0.240. The fourth-order valence-corrected chi connectivity index (χ4v) is 3.99. The lowest BCUT2D eigenvalue weighted by molar-refractivity contribution is -0.137. The first-order valence-electron chi connectivity index (χ1n) is 11.7. The van der Waals surface area contributed by atoms with Crippen molar-refractivity contribution in [3.63, 3.8) is 0 Å². The number of amides is 1. The molecule has 0 bridgehead atoms. The number of hydrogen-bond donors (Lipinski definition) is 1. The summed E-state index contributed by atoms with van der Waals surface area (Å²) in [5.41, 5.74) is 0.346. The maximum Gasteiger partial charge on any atom is 0.408 e. The molecule has 1 N–H and O–H groups in total. The van der Waals surface area contributed by atoms with Crippen LogP contribution in [0.4, 0.5) is 4.79 Å². The van der Waals surface area contributed by atoms with E-state index < -0.39 is 20.0 Å². The van der Waals surface area contributed by atoms with E-state index in [1.807, 2.05) is 51.1 Å². The van der Waals surface area contributed by atoms with Gasteiger partial charge in [0.1, 0.15) is 5.60 Å².